The second kappa shape index (κ2) is 8.35. The zero-order chi connectivity index (χ0) is 19.4. The van der Waals surface area contributed by atoms with Crippen molar-refractivity contribution in [1.82, 2.24) is 9.88 Å². The van der Waals surface area contributed by atoms with Crippen LogP contribution in [0.4, 0.5) is 0 Å². The van der Waals surface area contributed by atoms with Gasteiger partial charge in [-0.15, -0.1) is 0 Å². The van der Waals surface area contributed by atoms with Crippen molar-refractivity contribution in [2.45, 2.75) is 46.8 Å². The number of H-pyrrole nitrogens is 1. The largest absolute Gasteiger partial charge is 0.462 e. The quantitative estimate of drug-likeness (QED) is 0.795. The van der Waals surface area contributed by atoms with Crippen LogP contribution in [0.3, 0.4) is 0 Å². The van der Waals surface area contributed by atoms with E-state index in [2.05, 4.69) is 4.98 Å². The average Bonchev–Trinajstić information content (AvgIpc) is 2.86. The van der Waals surface area contributed by atoms with Crippen molar-refractivity contribution < 1.29 is 28.6 Å². The van der Waals surface area contributed by atoms with Crippen LogP contribution in [0.15, 0.2) is 0 Å². The van der Waals surface area contributed by atoms with Crippen molar-refractivity contribution in [2.24, 2.45) is 0 Å². The first kappa shape index (κ1) is 20.0. The first-order valence-corrected chi connectivity index (χ1v) is 8.71. The summed E-state index contributed by atoms with van der Waals surface area (Å²) in [7, 11) is 0. The van der Waals surface area contributed by atoms with Crippen LogP contribution >= 0.6 is 0 Å². The lowest BCUT2D eigenvalue weighted by molar-refractivity contribution is -0.146. The molecule has 1 aromatic heterocycles. The number of rotatable bonds is 5. The Kier molecular flexibility index (Phi) is 6.42. The number of nitrogens with one attached hydrogen (secondary N) is 1. The van der Waals surface area contributed by atoms with Crippen LogP contribution in [0.5, 0.6) is 0 Å². The van der Waals surface area contributed by atoms with Gasteiger partial charge in [0.15, 0.2) is 6.61 Å². The second-order valence-corrected chi connectivity index (χ2v) is 6.48. The summed E-state index contributed by atoms with van der Waals surface area (Å²) in [5.41, 5.74) is 1.45. The number of hydrogen-bond acceptors (Lipinski definition) is 6. The molecule has 2 atom stereocenters. The summed E-state index contributed by atoms with van der Waals surface area (Å²) in [6, 6.07) is 0. The third kappa shape index (κ3) is 4.43. The molecule has 1 fully saturated rings. The predicted octanol–water partition coefficient (Wildman–Crippen LogP) is 1.60. The molecule has 8 heteroatoms. The lowest BCUT2D eigenvalue weighted by atomic mass is 10.1. The smallest absolute Gasteiger partial charge is 0.355 e. The molecule has 0 radical (unpaired) electrons. The fourth-order valence-electron chi connectivity index (χ4n) is 3.14. The molecule has 0 unspecified atom stereocenters. The van der Waals surface area contributed by atoms with Crippen LogP contribution in [0.2, 0.25) is 0 Å². The highest BCUT2D eigenvalue weighted by molar-refractivity contribution is 5.99. The van der Waals surface area contributed by atoms with E-state index in [0.29, 0.717) is 29.9 Å². The topological polar surface area (TPSA) is 97.9 Å². The minimum atomic E-state index is -0.677. The Labute approximate surface area is 152 Å². The number of morpholine rings is 1. The Hall–Kier alpha value is -2.35. The van der Waals surface area contributed by atoms with E-state index in [1.54, 1.807) is 25.7 Å². The van der Waals surface area contributed by atoms with Gasteiger partial charge in [-0.3, -0.25) is 4.79 Å². The van der Waals surface area contributed by atoms with Gasteiger partial charge in [-0.1, -0.05) is 0 Å². The summed E-state index contributed by atoms with van der Waals surface area (Å²) >= 11 is 0. The van der Waals surface area contributed by atoms with Crippen LogP contribution in [-0.2, 0) is 19.0 Å². The Bertz CT molecular complexity index is 686. The van der Waals surface area contributed by atoms with Gasteiger partial charge in [0.2, 0.25) is 0 Å². The molecule has 2 rings (SSSR count). The molecule has 8 nitrogen and oxygen atoms in total. The van der Waals surface area contributed by atoms with Crippen molar-refractivity contribution in [3.8, 4) is 0 Å². The van der Waals surface area contributed by atoms with E-state index in [1.165, 1.54) is 0 Å². The van der Waals surface area contributed by atoms with E-state index in [-0.39, 0.29) is 37.0 Å². The molecule has 1 aliphatic heterocycles. The molecule has 1 amide bonds. The summed E-state index contributed by atoms with van der Waals surface area (Å²) in [4.78, 5) is 41.1. The minimum absolute atomic E-state index is 0.0566. The van der Waals surface area contributed by atoms with Crippen molar-refractivity contribution in [3.63, 3.8) is 0 Å². The number of hydrogen-bond donors (Lipinski definition) is 1. The van der Waals surface area contributed by atoms with Crippen molar-refractivity contribution in [1.29, 1.82) is 0 Å². The molecule has 1 aromatic rings. The third-order valence-electron chi connectivity index (χ3n) is 4.22. The monoisotopic (exact) mass is 366 g/mol. The Morgan fingerprint density at radius 1 is 1.12 bits per heavy atom. The summed E-state index contributed by atoms with van der Waals surface area (Å²) in [5, 5.41) is 0. The summed E-state index contributed by atoms with van der Waals surface area (Å²) in [6.45, 7) is 9.63. The maximum absolute atomic E-state index is 12.3. The molecule has 0 aromatic carbocycles. The lowest BCUT2D eigenvalue weighted by Gasteiger charge is -2.35. The third-order valence-corrected chi connectivity index (χ3v) is 4.22. The number of nitrogens with zero attached hydrogens (tertiary/aromatic N) is 1. The number of aromatic nitrogens is 1. The predicted molar refractivity (Wildman–Crippen MR) is 93.1 cm³/mol. The molecule has 26 heavy (non-hydrogen) atoms. The summed E-state index contributed by atoms with van der Waals surface area (Å²) in [6.07, 6.45) is -0.113. The lowest BCUT2D eigenvalue weighted by Crippen LogP contribution is -2.49. The fraction of sp³-hybridized carbons (Fsp3) is 0.611. The van der Waals surface area contributed by atoms with Crippen LogP contribution in [0, 0.1) is 13.8 Å². The van der Waals surface area contributed by atoms with Gasteiger partial charge in [-0.2, -0.15) is 0 Å². The highest BCUT2D eigenvalue weighted by atomic mass is 16.5. The molecule has 1 saturated heterocycles. The molecular weight excluding hydrogens is 340 g/mol. The van der Waals surface area contributed by atoms with Gasteiger partial charge in [-0.05, 0) is 40.2 Å². The van der Waals surface area contributed by atoms with Gasteiger partial charge in [0.05, 0.1) is 24.4 Å². The molecule has 1 aliphatic rings. The highest BCUT2D eigenvalue weighted by Crippen LogP contribution is 2.20. The standard InChI is InChI=1S/C18H26N2O6/c1-6-24-17(22)15-12(4)16(19-13(15)5)18(23)25-9-14(21)20-7-10(2)26-11(3)8-20/h10-11,19H,6-9H2,1-5H3/t10-,11+. The molecule has 0 bridgehead atoms. The number of ether oxygens (including phenoxy) is 3. The number of aryl methyl sites for hydroxylation is 1. The van der Waals surface area contributed by atoms with Crippen LogP contribution in [0.1, 0.15) is 52.9 Å². The maximum Gasteiger partial charge on any atom is 0.355 e. The van der Waals surface area contributed by atoms with Crippen molar-refractivity contribution >= 4 is 17.8 Å². The van der Waals surface area contributed by atoms with Gasteiger partial charge in [-0.25, -0.2) is 9.59 Å². The number of amides is 1. The van der Waals surface area contributed by atoms with Gasteiger partial charge in [0.1, 0.15) is 5.69 Å². The molecule has 0 aliphatic carbocycles. The molecule has 0 saturated carbocycles. The molecule has 144 valence electrons. The van der Waals surface area contributed by atoms with E-state index < -0.39 is 11.9 Å². The van der Waals surface area contributed by atoms with Gasteiger partial charge < -0.3 is 24.1 Å². The first-order chi connectivity index (χ1) is 12.2. The van der Waals surface area contributed by atoms with E-state index in [9.17, 15) is 14.4 Å². The van der Waals surface area contributed by atoms with E-state index in [0.717, 1.165) is 0 Å². The number of carbonyl (C=O) groups is 3. The zero-order valence-corrected chi connectivity index (χ0v) is 15.9. The van der Waals surface area contributed by atoms with Gasteiger partial charge in [0, 0.05) is 18.8 Å². The zero-order valence-electron chi connectivity index (χ0n) is 15.9. The van der Waals surface area contributed by atoms with Gasteiger partial charge in [0.25, 0.3) is 5.91 Å². The maximum atomic E-state index is 12.3. The summed E-state index contributed by atoms with van der Waals surface area (Å²) in [5.74, 6) is -1.44. The minimum Gasteiger partial charge on any atom is -0.462 e. The number of carbonyl (C=O) groups excluding carboxylic acids is 3. The van der Waals surface area contributed by atoms with E-state index >= 15 is 0 Å². The Morgan fingerprint density at radius 2 is 1.73 bits per heavy atom. The van der Waals surface area contributed by atoms with E-state index in [4.69, 9.17) is 14.2 Å². The van der Waals surface area contributed by atoms with E-state index in [1.807, 2.05) is 13.8 Å². The van der Waals surface area contributed by atoms with Crippen molar-refractivity contribution in [3.05, 3.63) is 22.5 Å². The van der Waals surface area contributed by atoms with Gasteiger partial charge >= 0.3 is 11.9 Å². The van der Waals surface area contributed by atoms with Crippen LogP contribution in [0.25, 0.3) is 0 Å². The van der Waals surface area contributed by atoms with Crippen LogP contribution < -0.4 is 0 Å². The molecule has 2 heterocycles. The number of esters is 2. The van der Waals surface area contributed by atoms with Crippen molar-refractivity contribution in [2.75, 3.05) is 26.3 Å². The first-order valence-electron chi connectivity index (χ1n) is 8.71. The second-order valence-electron chi connectivity index (χ2n) is 6.48. The summed E-state index contributed by atoms with van der Waals surface area (Å²) < 4.78 is 15.7. The normalized spacial score (nSPS) is 20.0. The Morgan fingerprint density at radius 3 is 2.31 bits per heavy atom. The molecule has 1 N–H and O–H groups in total. The SMILES string of the molecule is CCOC(=O)c1c(C)[nH]c(C(=O)OCC(=O)N2C[C@@H](C)O[C@@H](C)C2)c1C. The Balaban J connectivity index is 2.01. The molecule has 0 spiro atoms. The highest BCUT2D eigenvalue weighted by Gasteiger charge is 2.28. The fourth-order valence-corrected chi connectivity index (χ4v) is 3.14. The number of aromatic amines is 1. The van der Waals surface area contributed by atoms with Crippen LogP contribution in [-0.4, -0.2) is 66.2 Å². The molecular formula is C18H26N2O6. The average molecular weight is 366 g/mol.